The topological polar surface area (TPSA) is 73.0 Å². The van der Waals surface area contributed by atoms with Crippen molar-refractivity contribution in [2.75, 3.05) is 56.0 Å². The molecule has 2 heterocycles. The summed E-state index contributed by atoms with van der Waals surface area (Å²) in [6, 6.07) is 12.3. The van der Waals surface area contributed by atoms with E-state index in [9.17, 15) is 13.2 Å². The average molecular weight is 517 g/mol. The lowest BCUT2D eigenvalue weighted by molar-refractivity contribution is -0.111. The van der Waals surface area contributed by atoms with Gasteiger partial charge in [0.15, 0.2) is 0 Å². The molecule has 7 nitrogen and oxygen atoms in total. The molecule has 9 heteroatoms. The molecule has 0 spiro atoms. The van der Waals surface area contributed by atoms with Crippen LogP contribution in [-0.2, 0) is 14.8 Å². The first-order valence-corrected chi connectivity index (χ1v) is 14.0. The third-order valence-corrected chi connectivity index (χ3v) is 8.78. The van der Waals surface area contributed by atoms with Crippen LogP contribution in [0.5, 0.6) is 0 Å². The Kier molecular flexibility index (Phi) is 8.49. The Morgan fingerprint density at radius 2 is 1.66 bits per heavy atom. The third-order valence-electron chi connectivity index (χ3n) is 6.64. The molecule has 2 aliphatic heterocycles. The second-order valence-electron chi connectivity index (χ2n) is 8.94. The van der Waals surface area contributed by atoms with Crippen molar-refractivity contribution in [2.24, 2.45) is 0 Å². The molecule has 0 saturated carbocycles. The Morgan fingerprint density at radius 1 is 0.971 bits per heavy atom. The molecule has 1 N–H and O–H groups in total. The van der Waals surface area contributed by atoms with E-state index in [1.165, 1.54) is 6.08 Å². The molecule has 0 radical (unpaired) electrons. The van der Waals surface area contributed by atoms with Crippen molar-refractivity contribution in [2.45, 2.75) is 31.1 Å². The fraction of sp³-hybridized carbons (Fsp3) is 0.423. The number of nitrogens with one attached hydrogen (secondary N) is 1. The Hall–Kier alpha value is -2.39. The number of sulfonamides is 1. The Bertz CT molecular complexity index is 1150. The summed E-state index contributed by atoms with van der Waals surface area (Å²) in [5, 5.41) is 3.57. The second-order valence-corrected chi connectivity index (χ2v) is 11.3. The van der Waals surface area contributed by atoms with Gasteiger partial charge >= 0.3 is 0 Å². The monoisotopic (exact) mass is 516 g/mol. The number of rotatable bonds is 7. The first kappa shape index (κ1) is 25.7. The highest BCUT2D eigenvalue weighted by atomic mass is 35.5. The maximum atomic E-state index is 13.3. The highest BCUT2D eigenvalue weighted by molar-refractivity contribution is 7.89. The largest absolute Gasteiger partial charge is 0.367 e. The van der Waals surface area contributed by atoms with Gasteiger partial charge in [0.05, 0.1) is 16.3 Å². The van der Waals surface area contributed by atoms with Crippen LogP contribution in [0.2, 0.25) is 5.02 Å². The van der Waals surface area contributed by atoms with Crippen molar-refractivity contribution in [3.05, 3.63) is 59.1 Å². The van der Waals surface area contributed by atoms with Crippen LogP contribution in [0.1, 0.15) is 31.7 Å². The predicted molar refractivity (Wildman–Crippen MR) is 142 cm³/mol. The van der Waals surface area contributed by atoms with Gasteiger partial charge in [0.25, 0.3) is 0 Å². The number of benzene rings is 2. The first-order chi connectivity index (χ1) is 16.9. The standard InChI is InChI=1S/C26H33ClN4O3S/c1-2-29-16-18-30(19-17-29)25-12-11-23(35(33,34)31-14-4-3-5-15-31)20-24(25)28-26(32)13-8-21-6-9-22(27)10-7-21/h6-13,20H,2-5,14-19H2,1H3,(H,28,32)/b13-8+. The normalized spacial score (nSPS) is 18.2. The highest BCUT2D eigenvalue weighted by Crippen LogP contribution is 2.32. The van der Waals surface area contributed by atoms with Crippen molar-refractivity contribution in [1.82, 2.24) is 9.21 Å². The Labute approximate surface area is 213 Å². The number of likely N-dealkylation sites (N-methyl/N-ethyl adjacent to an activating group) is 1. The van der Waals surface area contributed by atoms with Crippen molar-refractivity contribution < 1.29 is 13.2 Å². The maximum Gasteiger partial charge on any atom is 0.248 e. The molecule has 188 valence electrons. The van der Waals surface area contributed by atoms with Crippen LogP contribution in [0.4, 0.5) is 11.4 Å². The zero-order chi connectivity index (χ0) is 24.8. The van der Waals surface area contributed by atoms with Gasteiger partial charge in [-0.25, -0.2) is 8.42 Å². The molecule has 2 aliphatic rings. The van der Waals surface area contributed by atoms with Crippen LogP contribution >= 0.6 is 11.6 Å². The van der Waals surface area contributed by atoms with Crippen LogP contribution in [0, 0.1) is 0 Å². The maximum absolute atomic E-state index is 13.3. The molecule has 2 aromatic rings. The predicted octanol–water partition coefficient (Wildman–Crippen LogP) is 4.31. The van der Waals surface area contributed by atoms with E-state index < -0.39 is 10.0 Å². The highest BCUT2D eigenvalue weighted by Gasteiger charge is 2.28. The fourth-order valence-electron chi connectivity index (χ4n) is 4.53. The van der Waals surface area contributed by atoms with Gasteiger partial charge in [0.2, 0.25) is 15.9 Å². The molecule has 0 bridgehead atoms. The SMILES string of the molecule is CCN1CCN(c2ccc(S(=O)(=O)N3CCCCC3)cc2NC(=O)/C=C/c2ccc(Cl)cc2)CC1. The van der Waals surface area contributed by atoms with Gasteiger partial charge in [0.1, 0.15) is 0 Å². The van der Waals surface area contributed by atoms with Gasteiger partial charge in [-0.1, -0.05) is 37.1 Å². The molecule has 0 unspecified atom stereocenters. The van der Waals surface area contributed by atoms with E-state index in [1.54, 1.807) is 34.6 Å². The van der Waals surface area contributed by atoms with E-state index >= 15 is 0 Å². The average Bonchev–Trinajstić information content (AvgIpc) is 2.89. The van der Waals surface area contributed by atoms with Crippen LogP contribution < -0.4 is 10.2 Å². The van der Waals surface area contributed by atoms with Crippen molar-refractivity contribution >= 4 is 45.0 Å². The second kappa shape index (κ2) is 11.6. The number of piperazine rings is 1. The molecular weight excluding hydrogens is 484 g/mol. The minimum Gasteiger partial charge on any atom is -0.367 e. The Morgan fingerprint density at radius 3 is 2.31 bits per heavy atom. The quantitative estimate of drug-likeness (QED) is 0.555. The Balaban J connectivity index is 1.60. The van der Waals surface area contributed by atoms with Crippen molar-refractivity contribution in [1.29, 1.82) is 0 Å². The summed E-state index contributed by atoms with van der Waals surface area (Å²) < 4.78 is 28.2. The van der Waals surface area contributed by atoms with Crippen molar-refractivity contribution in [3.63, 3.8) is 0 Å². The molecule has 2 fully saturated rings. The summed E-state index contributed by atoms with van der Waals surface area (Å²) in [7, 11) is -3.62. The van der Waals surface area contributed by atoms with Crippen LogP contribution in [0.15, 0.2) is 53.4 Å². The zero-order valence-electron chi connectivity index (χ0n) is 20.1. The smallest absolute Gasteiger partial charge is 0.248 e. The number of halogens is 1. The van der Waals surface area contributed by atoms with Gasteiger partial charge in [-0.05, 0) is 61.4 Å². The summed E-state index contributed by atoms with van der Waals surface area (Å²) in [4.78, 5) is 17.6. The number of hydrogen-bond donors (Lipinski definition) is 1. The van der Waals surface area contributed by atoms with E-state index in [1.807, 2.05) is 18.2 Å². The number of amides is 1. The van der Waals surface area contributed by atoms with Gasteiger partial charge < -0.3 is 15.1 Å². The first-order valence-electron chi connectivity index (χ1n) is 12.2. The molecule has 0 aliphatic carbocycles. The summed E-state index contributed by atoms with van der Waals surface area (Å²) >= 11 is 5.94. The molecule has 35 heavy (non-hydrogen) atoms. The van der Waals surface area contributed by atoms with Gasteiger partial charge in [0, 0.05) is 50.4 Å². The van der Waals surface area contributed by atoms with Crippen LogP contribution in [0.25, 0.3) is 6.08 Å². The summed E-state index contributed by atoms with van der Waals surface area (Å²) in [6.07, 6.45) is 5.96. The van der Waals surface area contributed by atoms with Gasteiger partial charge in [-0.3, -0.25) is 4.79 Å². The summed E-state index contributed by atoms with van der Waals surface area (Å²) in [5.74, 6) is -0.319. The molecule has 0 aromatic heterocycles. The van der Waals surface area contributed by atoms with E-state index in [0.717, 1.165) is 63.2 Å². The molecule has 0 atom stereocenters. The molecule has 4 rings (SSSR count). The van der Waals surface area contributed by atoms with Crippen LogP contribution in [0.3, 0.4) is 0 Å². The minimum atomic E-state index is -3.62. The van der Waals surface area contributed by atoms with E-state index in [2.05, 4.69) is 22.0 Å². The third kappa shape index (κ3) is 6.44. The van der Waals surface area contributed by atoms with Gasteiger partial charge in [-0.2, -0.15) is 4.31 Å². The number of anilines is 2. The molecular formula is C26H33ClN4O3S. The van der Waals surface area contributed by atoms with E-state index in [4.69, 9.17) is 11.6 Å². The summed E-state index contributed by atoms with van der Waals surface area (Å²) in [6.45, 7) is 7.70. The number of carbonyl (C=O) groups excluding carboxylic acids is 1. The fourth-order valence-corrected chi connectivity index (χ4v) is 6.20. The van der Waals surface area contributed by atoms with E-state index in [0.29, 0.717) is 23.8 Å². The summed E-state index contributed by atoms with van der Waals surface area (Å²) in [5.41, 5.74) is 2.20. The lowest BCUT2D eigenvalue weighted by Gasteiger charge is -2.36. The number of hydrogen-bond acceptors (Lipinski definition) is 5. The molecule has 2 saturated heterocycles. The van der Waals surface area contributed by atoms with E-state index in [-0.39, 0.29) is 10.8 Å². The lowest BCUT2D eigenvalue weighted by atomic mass is 10.2. The molecule has 1 amide bonds. The van der Waals surface area contributed by atoms with Gasteiger partial charge in [-0.15, -0.1) is 0 Å². The number of carbonyl (C=O) groups is 1. The van der Waals surface area contributed by atoms with Crippen LogP contribution in [-0.4, -0.2) is 69.3 Å². The lowest BCUT2D eigenvalue weighted by Crippen LogP contribution is -2.46. The van der Waals surface area contributed by atoms with Crippen molar-refractivity contribution in [3.8, 4) is 0 Å². The number of nitrogens with zero attached hydrogens (tertiary/aromatic N) is 3. The zero-order valence-corrected chi connectivity index (χ0v) is 21.7. The number of piperidine rings is 1. The molecule has 2 aromatic carbocycles. The minimum absolute atomic E-state index is 0.215.